The van der Waals surface area contributed by atoms with E-state index in [0.29, 0.717) is 50.7 Å². The number of anilines is 1. The van der Waals surface area contributed by atoms with E-state index in [1.54, 1.807) is 24.1 Å². The third-order valence-corrected chi connectivity index (χ3v) is 3.87. The van der Waals surface area contributed by atoms with Crippen molar-refractivity contribution >= 4 is 17.6 Å². The van der Waals surface area contributed by atoms with Crippen molar-refractivity contribution < 1.29 is 19.1 Å². The summed E-state index contributed by atoms with van der Waals surface area (Å²) in [7, 11) is 1.61. The second-order valence-corrected chi connectivity index (χ2v) is 5.59. The molecule has 0 saturated carbocycles. The number of nitrogens with one attached hydrogen (secondary N) is 2. The van der Waals surface area contributed by atoms with Crippen molar-refractivity contribution in [3.63, 3.8) is 0 Å². The number of hydrogen-bond donors (Lipinski definition) is 2. The Hall–Kier alpha value is -2.28. The number of urea groups is 1. The van der Waals surface area contributed by atoms with Gasteiger partial charge in [0.2, 0.25) is 5.91 Å². The minimum Gasteiger partial charge on any atom is -0.489 e. The van der Waals surface area contributed by atoms with Gasteiger partial charge in [-0.1, -0.05) is 12.1 Å². The molecule has 1 aromatic carbocycles. The van der Waals surface area contributed by atoms with Crippen LogP contribution in [0, 0.1) is 5.92 Å². The lowest BCUT2D eigenvalue weighted by molar-refractivity contribution is -0.124. The summed E-state index contributed by atoms with van der Waals surface area (Å²) >= 11 is 0. The number of nitrogens with zero attached hydrogens (tertiary/aromatic N) is 1. The molecule has 0 spiro atoms. The van der Waals surface area contributed by atoms with E-state index in [0.717, 1.165) is 0 Å². The molecule has 1 atom stereocenters. The molecule has 1 saturated heterocycles. The minimum atomic E-state index is -0.218. The van der Waals surface area contributed by atoms with Gasteiger partial charge in [-0.05, 0) is 25.5 Å². The molecule has 7 heteroatoms. The van der Waals surface area contributed by atoms with Crippen molar-refractivity contribution in [3.05, 3.63) is 24.3 Å². The highest BCUT2D eigenvalue weighted by Gasteiger charge is 2.31. The number of likely N-dealkylation sites (tertiary alicyclic amines) is 1. The third kappa shape index (κ3) is 4.86. The molecule has 1 heterocycles. The van der Waals surface area contributed by atoms with Crippen LogP contribution in [0.3, 0.4) is 0 Å². The molecule has 0 radical (unpaired) electrons. The van der Waals surface area contributed by atoms with Crippen molar-refractivity contribution in [3.8, 4) is 5.75 Å². The largest absolute Gasteiger partial charge is 0.489 e. The monoisotopic (exact) mass is 335 g/mol. The van der Waals surface area contributed by atoms with Crippen LogP contribution in [-0.4, -0.2) is 56.8 Å². The second-order valence-electron chi connectivity index (χ2n) is 5.59. The van der Waals surface area contributed by atoms with Crippen LogP contribution in [0.2, 0.25) is 0 Å². The van der Waals surface area contributed by atoms with E-state index in [4.69, 9.17) is 9.47 Å². The predicted octanol–water partition coefficient (Wildman–Crippen LogP) is 1.70. The van der Waals surface area contributed by atoms with Gasteiger partial charge in [-0.2, -0.15) is 0 Å². The lowest BCUT2D eigenvalue weighted by Gasteiger charge is -2.19. The van der Waals surface area contributed by atoms with Crippen LogP contribution in [0.5, 0.6) is 5.75 Å². The SMILES string of the molecule is CCNC(=O)[C@@H]1CCN(C(=O)Nc2ccccc2OCCOC)C1. The molecule has 1 aliphatic heterocycles. The quantitative estimate of drug-likeness (QED) is 0.743. The van der Waals surface area contributed by atoms with Crippen molar-refractivity contribution in [1.82, 2.24) is 10.2 Å². The zero-order valence-electron chi connectivity index (χ0n) is 14.2. The summed E-state index contributed by atoms with van der Waals surface area (Å²) in [5, 5.41) is 5.67. The van der Waals surface area contributed by atoms with Crippen molar-refractivity contribution in [2.75, 3.05) is 45.3 Å². The number of benzene rings is 1. The van der Waals surface area contributed by atoms with Gasteiger partial charge in [0.15, 0.2) is 0 Å². The standard InChI is InChI=1S/C17H25N3O4/c1-3-18-16(21)13-8-9-20(12-13)17(22)19-14-6-4-5-7-15(14)24-11-10-23-2/h4-7,13H,3,8-12H2,1-2H3,(H,18,21)(H,19,22)/t13-/m1/s1. The summed E-state index contributed by atoms with van der Waals surface area (Å²) in [6, 6.07) is 7.05. The first kappa shape index (κ1) is 18.1. The summed E-state index contributed by atoms with van der Waals surface area (Å²) in [5.41, 5.74) is 0.611. The van der Waals surface area contributed by atoms with Crippen molar-refractivity contribution in [1.29, 1.82) is 0 Å². The number of ether oxygens (including phenoxy) is 2. The van der Waals surface area contributed by atoms with Crippen LogP contribution in [-0.2, 0) is 9.53 Å². The van der Waals surface area contributed by atoms with E-state index in [1.807, 2.05) is 19.1 Å². The number of amides is 3. The molecule has 3 amide bonds. The predicted molar refractivity (Wildman–Crippen MR) is 91.2 cm³/mol. The lowest BCUT2D eigenvalue weighted by atomic mass is 10.1. The average molecular weight is 335 g/mol. The Bertz CT molecular complexity index is 565. The van der Waals surface area contributed by atoms with Crippen LogP contribution < -0.4 is 15.4 Å². The lowest BCUT2D eigenvalue weighted by Crippen LogP contribution is -2.36. The van der Waals surface area contributed by atoms with Gasteiger partial charge >= 0.3 is 6.03 Å². The van der Waals surface area contributed by atoms with Gasteiger partial charge in [-0.25, -0.2) is 4.79 Å². The molecule has 1 fully saturated rings. The van der Waals surface area contributed by atoms with E-state index >= 15 is 0 Å². The van der Waals surface area contributed by atoms with Gasteiger partial charge in [0.1, 0.15) is 12.4 Å². The first-order chi connectivity index (χ1) is 11.7. The molecule has 0 aliphatic carbocycles. The highest BCUT2D eigenvalue weighted by molar-refractivity contribution is 5.92. The molecule has 2 rings (SSSR count). The fraction of sp³-hybridized carbons (Fsp3) is 0.529. The van der Waals surface area contributed by atoms with Gasteiger partial charge in [0.05, 0.1) is 18.2 Å². The highest BCUT2D eigenvalue weighted by Crippen LogP contribution is 2.25. The number of para-hydroxylation sites is 2. The zero-order valence-corrected chi connectivity index (χ0v) is 14.2. The molecule has 0 bridgehead atoms. The van der Waals surface area contributed by atoms with Crippen LogP contribution in [0.1, 0.15) is 13.3 Å². The van der Waals surface area contributed by atoms with E-state index < -0.39 is 0 Å². The molecule has 0 aromatic heterocycles. The van der Waals surface area contributed by atoms with Crippen LogP contribution in [0.25, 0.3) is 0 Å². The molecule has 7 nitrogen and oxygen atoms in total. The average Bonchev–Trinajstić information content (AvgIpc) is 3.07. The van der Waals surface area contributed by atoms with Gasteiger partial charge < -0.3 is 25.0 Å². The summed E-state index contributed by atoms with van der Waals surface area (Å²) in [5.74, 6) is 0.474. The normalized spacial score (nSPS) is 16.8. The van der Waals surface area contributed by atoms with E-state index in [-0.39, 0.29) is 17.9 Å². The molecule has 0 unspecified atom stereocenters. The number of methoxy groups -OCH3 is 1. The second kappa shape index (κ2) is 9.12. The molecule has 24 heavy (non-hydrogen) atoms. The van der Waals surface area contributed by atoms with Crippen molar-refractivity contribution in [2.45, 2.75) is 13.3 Å². The Labute approximate surface area is 142 Å². The number of rotatable bonds is 7. The van der Waals surface area contributed by atoms with Crippen LogP contribution >= 0.6 is 0 Å². The summed E-state index contributed by atoms with van der Waals surface area (Å²) in [4.78, 5) is 26.0. The van der Waals surface area contributed by atoms with Crippen LogP contribution in [0.4, 0.5) is 10.5 Å². The van der Waals surface area contributed by atoms with E-state index in [2.05, 4.69) is 10.6 Å². The Morgan fingerprint density at radius 3 is 2.83 bits per heavy atom. The summed E-state index contributed by atoms with van der Waals surface area (Å²) in [6.07, 6.45) is 0.686. The Balaban J connectivity index is 1.92. The molecule has 132 valence electrons. The Kier molecular flexibility index (Phi) is 6.87. The summed E-state index contributed by atoms with van der Waals surface area (Å²) < 4.78 is 10.6. The maximum Gasteiger partial charge on any atom is 0.321 e. The number of carbonyl (C=O) groups is 2. The molecule has 1 aromatic rings. The van der Waals surface area contributed by atoms with Gasteiger partial charge in [0, 0.05) is 26.7 Å². The molecular weight excluding hydrogens is 310 g/mol. The third-order valence-electron chi connectivity index (χ3n) is 3.87. The number of hydrogen-bond acceptors (Lipinski definition) is 4. The molecular formula is C17H25N3O4. The summed E-state index contributed by atoms with van der Waals surface area (Å²) in [6.45, 7) is 4.38. The first-order valence-corrected chi connectivity index (χ1v) is 8.20. The smallest absolute Gasteiger partial charge is 0.321 e. The minimum absolute atomic E-state index is 0.0103. The topological polar surface area (TPSA) is 79.9 Å². The Morgan fingerprint density at radius 2 is 2.08 bits per heavy atom. The molecule has 1 aliphatic rings. The van der Waals surface area contributed by atoms with E-state index in [1.165, 1.54) is 0 Å². The fourth-order valence-corrected chi connectivity index (χ4v) is 2.60. The van der Waals surface area contributed by atoms with Crippen LogP contribution in [0.15, 0.2) is 24.3 Å². The maximum atomic E-state index is 12.4. The van der Waals surface area contributed by atoms with Crippen molar-refractivity contribution in [2.24, 2.45) is 5.92 Å². The fourth-order valence-electron chi connectivity index (χ4n) is 2.60. The number of carbonyl (C=O) groups excluding carboxylic acids is 2. The Morgan fingerprint density at radius 1 is 1.29 bits per heavy atom. The van der Waals surface area contributed by atoms with Gasteiger partial charge in [0.25, 0.3) is 0 Å². The van der Waals surface area contributed by atoms with Gasteiger partial charge in [-0.15, -0.1) is 0 Å². The molecule has 2 N–H and O–H groups in total. The van der Waals surface area contributed by atoms with E-state index in [9.17, 15) is 9.59 Å². The highest BCUT2D eigenvalue weighted by atomic mass is 16.5. The zero-order chi connectivity index (χ0) is 17.4. The first-order valence-electron chi connectivity index (χ1n) is 8.20. The van der Waals surface area contributed by atoms with Gasteiger partial charge in [-0.3, -0.25) is 4.79 Å². The maximum absolute atomic E-state index is 12.4.